The summed E-state index contributed by atoms with van der Waals surface area (Å²) in [5, 5.41) is 0.642. The van der Waals surface area contributed by atoms with Gasteiger partial charge in [0.05, 0.1) is 0 Å². The van der Waals surface area contributed by atoms with Gasteiger partial charge >= 0.3 is 0 Å². The van der Waals surface area contributed by atoms with Crippen molar-refractivity contribution < 1.29 is 9.22 Å². The van der Waals surface area contributed by atoms with E-state index in [1.54, 1.807) is 13.0 Å². The van der Waals surface area contributed by atoms with E-state index in [4.69, 9.17) is 16.0 Å². The summed E-state index contributed by atoms with van der Waals surface area (Å²) in [7, 11) is -2.02. The van der Waals surface area contributed by atoms with Gasteiger partial charge in [-0.1, -0.05) is 50.6 Å². The Bertz CT molecular complexity index is 463. The number of hydrogen-bond acceptors (Lipinski definition) is 2. The van der Waals surface area contributed by atoms with Gasteiger partial charge in [-0.2, -0.15) is 0 Å². The van der Waals surface area contributed by atoms with Crippen LogP contribution in [0.15, 0.2) is 24.3 Å². The molecule has 4 heteroatoms. The summed E-state index contributed by atoms with van der Waals surface area (Å²) in [6, 6.07) is 7.39. The monoisotopic (exact) mass is 298 g/mol. The lowest BCUT2D eigenvalue weighted by Gasteiger charge is -2.38. The molecule has 0 N–H and O–H groups in total. The molecule has 1 aromatic rings. The van der Waals surface area contributed by atoms with Crippen molar-refractivity contribution in [1.82, 2.24) is 0 Å². The van der Waals surface area contributed by atoms with E-state index in [0.29, 0.717) is 5.02 Å². The minimum absolute atomic E-state index is 0.00192. The molecule has 1 rings (SSSR count). The maximum Gasteiger partial charge on any atom is 0.193 e. The largest absolute Gasteiger partial charge is 0.403 e. The number of hydrogen-bond donors (Lipinski definition) is 0. The van der Waals surface area contributed by atoms with Gasteiger partial charge in [0, 0.05) is 10.6 Å². The molecule has 0 aliphatic heterocycles. The minimum atomic E-state index is -2.02. The fourth-order valence-corrected chi connectivity index (χ4v) is 3.00. The molecule has 0 bridgehead atoms. The van der Waals surface area contributed by atoms with Crippen LogP contribution in [0, 0.1) is 0 Å². The summed E-state index contributed by atoms with van der Waals surface area (Å²) in [4.78, 5) is 11.9. The number of carbonyl (C=O) groups is 1. The predicted octanol–water partition coefficient (Wildman–Crippen LogP) is 4.99. The highest BCUT2D eigenvalue weighted by atomic mass is 35.5. The van der Waals surface area contributed by atoms with Crippen molar-refractivity contribution in [1.29, 1.82) is 0 Å². The van der Waals surface area contributed by atoms with Crippen LogP contribution >= 0.6 is 11.6 Å². The molecule has 0 spiro atoms. The molecule has 0 aromatic heterocycles. The standard InChI is InChI=1S/C15H23ClO2Si/c1-11(17)14(12-9-7-8-10-13(12)16)18-19(5,6)15(2,3)4/h7-10,14H,1-6H3. The Labute approximate surface area is 122 Å². The third kappa shape index (κ3) is 3.91. The zero-order chi connectivity index (χ0) is 14.8. The van der Waals surface area contributed by atoms with Crippen LogP contribution in [0.5, 0.6) is 0 Å². The van der Waals surface area contributed by atoms with Crippen molar-refractivity contribution in [2.45, 2.75) is 51.9 Å². The highest BCUT2D eigenvalue weighted by Crippen LogP contribution is 2.40. The van der Waals surface area contributed by atoms with Gasteiger partial charge in [0.2, 0.25) is 0 Å². The molecular weight excluding hydrogens is 276 g/mol. The van der Waals surface area contributed by atoms with Crippen molar-refractivity contribution in [3.63, 3.8) is 0 Å². The lowest BCUT2D eigenvalue weighted by Crippen LogP contribution is -2.43. The van der Waals surface area contributed by atoms with Gasteiger partial charge in [-0.05, 0) is 31.1 Å². The zero-order valence-corrected chi connectivity index (χ0v) is 14.3. The van der Waals surface area contributed by atoms with E-state index in [1.807, 2.05) is 18.2 Å². The summed E-state index contributed by atoms with van der Waals surface area (Å²) in [5.41, 5.74) is 0.765. The van der Waals surface area contributed by atoms with Crippen molar-refractivity contribution in [2.24, 2.45) is 0 Å². The fraction of sp³-hybridized carbons (Fsp3) is 0.533. The van der Waals surface area contributed by atoms with Crippen LogP contribution in [0.4, 0.5) is 0 Å². The van der Waals surface area contributed by atoms with Crippen LogP contribution in [0.25, 0.3) is 0 Å². The van der Waals surface area contributed by atoms with Crippen molar-refractivity contribution >= 4 is 25.7 Å². The van der Waals surface area contributed by atoms with Crippen LogP contribution in [0.1, 0.15) is 39.4 Å². The third-order valence-electron chi connectivity index (χ3n) is 3.78. The van der Waals surface area contributed by atoms with Crippen molar-refractivity contribution in [3.05, 3.63) is 34.9 Å². The second-order valence-corrected chi connectivity index (χ2v) is 11.6. The highest BCUT2D eigenvalue weighted by molar-refractivity contribution is 6.74. The summed E-state index contributed by atoms with van der Waals surface area (Å²) in [6.07, 6.45) is -0.561. The first-order valence-corrected chi connectivity index (χ1v) is 9.77. The minimum Gasteiger partial charge on any atom is -0.403 e. The smallest absolute Gasteiger partial charge is 0.193 e. The topological polar surface area (TPSA) is 26.3 Å². The number of ketones is 1. The molecule has 1 aromatic carbocycles. The first-order chi connectivity index (χ1) is 8.56. The molecule has 0 heterocycles. The molecule has 106 valence electrons. The number of Topliss-reactive ketones (excluding diaryl/α,β-unsaturated/α-hetero) is 1. The average Bonchev–Trinajstić information content (AvgIpc) is 2.25. The van der Waals surface area contributed by atoms with Crippen LogP contribution in [-0.4, -0.2) is 14.1 Å². The van der Waals surface area contributed by atoms with Gasteiger partial charge in [0.25, 0.3) is 0 Å². The van der Waals surface area contributed by atoms with E-state index in [1.165, 1.54) is 0 Å². The first-order valence-electron chi connectivity index (χ1n) is 6.49. The Balaban J connectivity index is 3.12. The summed E-state index contributed by atoms with van der Waals surface area (Å²) in [6.45, 7) is 12.3. The van der Waals surface area contributed by atoms with E-state index in [9.17, 15) is 4.79 Å². The molecule has 19 heavy (non-hydrogen) atoms. The van der Waals surface area contributed by atoms with E-state index >= 15 is 0 Å². The lowest BCUT2D eigenvalue weighted by atomic mass is 10.1. The maximum atomic E-state index is 11.9. The number of carbonyl (C=O) groups excluding carboxylic acids is 1. The molecular formula is C15H23ClO2Si. The van der Waals surface area contributed by atoms with Crippen molar-refractivity contribution in [3.8, 4) is 0 Å². The normalized spacial score (nSPS) is 14.3. The van der Waals surface area contributed by atoms with E-state index in [-0.39, 0.29) is 10.8 Å². The molecule has 0 aliphatic carbocycles. The Morgan fingerprint density at radius 2 is 1.79 bits per heavy atom. The number of rotatable bonds is 4. The quantitative estimate of drug-likeness (QED) is 0.732. The van der Waals surface area contributed by atoms with Crippen molar-refractivity contribution in [2.75, 3.05) is 0 Å². The molecule has 0 aliphatic rings. The zero-order valence-electron chi connectivity index (χ0n) is 12.6. The van der Waals surface area contributed by atoms with Gasteiger partial charge < -0.3 is 4.43 Å². The SMILES string of the molecule is CC(=O)C(O[Si](C)(C)C(C)(C)C)c1ccccc1Cl. The van der Waals surface area contributed by atoms with Crippen LogP contribution < -0.4 is 0 Å². The number of benzene rings is 1. The molecule has 0 amide bonds. The van der Waals surface area contributed by atoms with Gasteiger partial charge in [-0.25, -0.2) is 0 Å². The summed E-state index contributed by atoms with van der Waals surface area (Å²) in [5.74, 6) is -0.00192. The highest BCUT2D eigenvalue weighted by Gasteiger charge is 2.40. The van der Waals surface area contributed by atoms with E-state index in [2.05, 4.69) is 33.9 Å². The predicted molar refractivity (Wildman–Crippen MR) is 83.2 cm³/mol. The fourth-order valence-electron chi connectivity index (χ4n) is 1.52. The van der Waals surface area contributed by atoms with Gasteiger partial charge in [0.15, 0.2) is 14.1 Å². The van der Waals surface area contributed by atoms with Crippen LogP contribution in [0.3, 0.4) is 0 Å². The average molecular weight is 299 g/mol. The molecule has 1 unspecified atom stereocenters. The lowest BCUT2D eigenvalue weighted by molar-refractivity contribution is -0.124. The maximum absolute atomic E-state index is 11.9. The van der Waals surface area contributed by atoms with Crippen LogP contribution in [0.2, 0.25) is 23.2 Å². The van der Waals surface area contributed by atoms with Gasteiger partial charge in [-0.15, -0.1) is 0 Å². The second-order valence-electron chi connectivity index (χ2n) is 6.39. The molecule has 0 saturated heterocycles. The molecule has 0 radical (unpaired) electrons. The number of halogens is 1. The van der Waals surface area contributed by atoms with Crippen LogP contribution in [-0.2, 0) is 9.22 Å². The third-order valence-corrected chi connectivity index (χ3v) is 8.56. The van der Waals surface area contributed by atoms with Gasteiger partial charge in [0.1, 0.15) is 6.10 Å². The summed E-state index contributed by atoms with van der Waals surface area (Å²) < 4.78 is 6.24. The Morgan fingerprint density at radius 3 is 2.21 bits per heavy atom. The molecule has 0 fully saturated rings. The molecule has 2 nitrogen and oxygen atoms in total. The first kappa shape index (κ1) is 16.4. The molecule has 1 atom stereocenters. The summed E-state index contributed by atoms with van der Waals surface area (Å²) >= 11 is 6.19. The Hall–Kier alpha value is -0.643. The van der Waals surface area contributed by atoms with E-state index < -0.39 is 14.4 Å². The molecule has 0 saturated carbocycles. The van der Waals surface area contributed by atoms with Gasteiger partial charge in [-0.3, -0.25) is 4.79 Å². The second kappa shape index (κ2) is 5.78. The Morgan fingerprint density at radius 1 is 1.26 bits per heavy atom. The van der Waals surface area contributed by atoms with E-state index in [0.717, 1.165) is 5.56 Å². The Kier molecular flexibility index (Phi) is 4.99.